The minimum atomic E-state index is -0.0131. The average molecular weight is 248 g/mol. The lowest BCUT2D eigenvalue weighted by atomic mass is 9.97. The Balaban J connectivity index is 2.32. The molecule has 3 heteroatoms. The number of amides is 1. The number of nitrogens with one attached hydrogen (secondary N) is 1. The fraction of sp³-hybridized carbons (Fsp3) is 0.533. The zero-order chi connectivity index (χ0) is 13.5. The minimum Gasteiger partial charge on any atom is -0.356 e. The third-order valence-electron chi connectivity index (χ3n) is 3.40. The van der Waals surface area contributed by atoms with E-state index < -0.39 is 0 Å². The van der Waals surface area contributed by atoms with Crippen molar-refractivity contribution in [1.82, 2.24) is 5.32 Å². The Kier molecular flexibility index (Phi) is 5.86. The first-order chi connectivity index (χ1) is 8.52. The van der Waals surface area contributed by atoms with Gasteiger partial charge in [0.2, 0.25) is 5.91 Å². The van der Waals surface area contributed by atoms with Gasteiger partial charge >= 0.3 is 0 Å². The van der Waals surface area contributed by atoms with Crippen molar-refractivity contribution in [2.45, 2.75) is 33.2 Å². The van der Waals surface area contributed by atoms with Crippen molar-refractivity contribution in [2.75, 3.05) is 6.54 Å². The van der Waals surface area contributed by atoms with Crippen LogP contribution in [0.25, 0.3) is 0 Å². The lowest BCUT2D eigenvalue weighted by Gasteiger charge is -2.17. The van der Waals surface area contributed by atoms with Gasteiger partial charge in [0.1, 0.15) is 0 Å². The molecule has 3 nitrogen and oxygen atoms in total. The fourth-order valence-corrected chi connectivity index (χ4v) is 1.68. The number of rotatable bonds is 6. The van der Waals surface area contributed by atoms with Gasteiger partial charge in [0.05, 0.1) is 0 Å². The Morgan fingerprint density at radius 3 is 2.39 bits per heavy atom. The maximum atomic E-state index is 11.8. The van der Waals surface area contributed by atoms with Crippen molar-refractivity contribution in [3.63, 3.8) is 0 Å². The standard InChI is InChI=1S/C15H24N2O/c1-11(2)12(3)15(18)17-10-9-14(16)13-7-5-4-6-8-13/h4-8,11-12,14H,9-10,16H2,1-3H3,(H,17,18). The van der Waals surface area contributed by atoms with E-state index in [4.69, 9.17) is 5.73 Å². The smallest absolute Gasteiger partial charge is 0.223 e. The van der Waals surface area contributed by atoms with E-state index in [0.717, 1.165) is 12.0 Å². The summed E-state index contributed by atoms with van der Waals surface area (Å²) in [6.45, 7) is 6.70. The van der Waals surface area contributed by atoms with Crippen LogP contribution in [0.3, 0.4) is 0 Å². The Labute approximate surface area is 110 Å². The van der Waals surface area contributed by atoms with Crippen LogP contribution in [0.15, 0.2) is 30.3 Å². The molecule has 0 heterocycles. The molecule has 2 unspecified atom stereocenters. The van der Waals surface area contributed by atoms with Crippen molar-refractivity contribution >= 4 is 5.91 Å². The van der Waals surface area contributed by atoms with E-state index >= 15 is 0 Å². The number of hydrogen-bond donors (Lipinski definition) is 2. The second-order valence-corrected chi connectivity index (χ2v) is 5.13. The van der Waals surface area contributed by atoms with Crippen LogP contribution in [0.2, 0.25) is 0 Å². The maximum absolute atomic E-state index is 11.8. The third-order valence-corrected chi connectivity index (χ3v) is 3.40. The Hall–Kier alpha value is -1.35. The van der Waals surface area contributed by atoms with Crippen LogP contribution < -0.4 is 11.1 Å². The lowest BCUT2D eigenvalue weighted by Crippen LogP contribution is -2.33. The van der Waals surface area contributed by atoms with E-state index in [-0.39, 0.29) is 17.9 Å². The van der Waals surface area contributed by atoms with E-state index in [1.165, 1.54) is 0 Å². The highest BCUT2D eigenvalue weighted by Gasteiger charge is 2.16. The molecule has 0 aliphatic carbocycles. The SMILES string of the molecule is CC(C)C(C)C(=O)NCCC(N)c1ccccc1. The lowest BCUT2D eigenvalue weighted by molar-refractivity contribution is -0.125. The number of hydrogen-bond acceptors (Lipinski definition) is 2. The fourth-order valence-electron chi connectivity index (χ4n) is 1.68. The average Bonchev–Trinajstić information content (AvgIpc) is 2.38. The van der Waals surface area contributed by atoms with Crippen LogP contribution in [0.1, 0.15) is 38.8 Å². The van der Waals surface area contributed by atoms with Crippen molar-refractivity contribution in [3.8, 4) is 0 Å². The van der Waals surface area contributed by atoms with Gasteiger partial charge < -0.3 is 11.1 Å². The molecule has 1 aromatic rings. The largest absolute Gasteiger partial charge is 0.356 e. The monoisotopic (exact) mass is 248 g/mol. The highest BCUT2D eigenvalue weighted by molar-refractivity contribution is 5.78. The predicted octanol–water partition coefficient (Wildman–Crippen LogP) is 2.48. The van der Waals surface area contributed by atoms with Crippen molar-refractivity contribution in [3.05, 3.63) is 35.9 Å². The van der Waals surface area contributed by atoms with Crippen molar-refractivity contribution in [2.24, 2.45) is 17.6 Å². The Bertz CT molecular complexity index is 362. The van der Waals surface area contributed by atoms with Crippen molar-refractivity contribution < 1.29 is 4.79 Å². The first-order valence-electron chi connectivity index (χ1n) is 6.60. The van der Waals surface area contributed by atoms with Crippen LogP contribution >= 0.6 is 0 Å². The Morgan fingerprint density at radius 1 is 1.22 bits per heavy atom. The van der Waals surface area contributed by atoms with Crippen LogP contribution in [-0.4, -0.2) is 12.5 Å². The molecule has 0 saturated heterocycles. The quantitative estimate of drug-likeness (QED) is 0.812. The molecule has 1 rings (SSSR count). The number of nitrogens with two attached hydrogens (primary N) is 1. The van der Waals surface area contributed by atoms with Gasteiger partial charge in [0.15, 0.2) is 0 Å². The molecule has 0 spiro atoms. The second kappa shape index (κ2) is 7.17. The summed E-state index contributed by atoms with van der Waals surface area (Å²) in [7, 11) is 0. The molecule has 3 N–H and O–H groups in total. The summed E-state index contributed by atoms with van der Waals surface area (Å²) in [6.07, 6.45) is 0.764. The molecule has 2 atom stereocenters. The van der Waals surface area contributed by atoms with Gasteiger partial charge in [0, 0.05) is 18.5 Å². The summed E-state index contributed by atoms with van der Waals surface area (Å²) < 4.78 is 0. The highest BCUT2D eigenvalue weighted by Crippen LogP contribution is 2.13. The van der Waals surface area contributed by atoms with E-state index in [0.29, 0.717) is 12.5 Å². The summed E-state index contributed by atoms with van der Waals surface area (Å²) >= 11 is 0. The molecular formula is C15H24N2O. The first kappa shape index (κ1) is 14.7. The number of carbonyl (C=O) groups excluding carboxylic acids is 1. The molecule has 0 aliphatic rings. The molecule has 0 bridgehead atoms. The van der Waals surface area contributed by atoms with E-state index in [1.807, 2.05) is 37.3 Å². The van der Waals surface area contributed by atoms with Gasteiger partial charge in [-0.3, -0.25) is 4.79 Å². The zero-order valence-electron chi connectivity index (χ0n) is 11.5. The molecule has 18 heavy (non-hydrogen) atoms. The highest BCUT2D eigenvalue weighted by atomic mass is 16.1. The molecule has 0 aliphatic heterocycles. The van der Waals surface area contributed by atoms with E-state index in [2.05, 4.69) is 19.2 Å². The van der Waals surface area contributed by atoms with Crippen LogP contribution in [0.5, 0.6) is 0 Å². The van der Waals surface area contributed by atoms with E-state index in [1.54, 1.807) is 0 Å². The molecule has 1 aromatic carbocycles. The normalized spacial score (nSPS) is 14.3. The molecule has 1 amide bonds. The van der Waals surface area contributed by atoms with E-state index in [9.17, 15) is 4.79 Å². The van der Waals surface area contributed by atoms with Gasteiger partial charge in [-0.25, -0.2) is 0 Å². The zero-order valence-corrected chi connectivity index (χ0v) is 11.5. The molecular weight excluding hydrogens is 224 g/mol. The summed E-state index contributed by atoms with van der Waals surface area (Å²) in [5, 5.41) is 2.95. The summed E-state index contributed by atoms with van der Waals surface area (Å²) in [5.74, 6) is 0.538. The molecule has 0 aromatic heterocycles. The van der Waals surface area contributed by atoms with Gasteiger partial charge in [0.25, 0.3) is 0 Å². The van der Waals surface area contributed by atoms with Gasteiger partial charge in [-0.2, -0.15) is 0 Å². The second-order valence-electron chi connectivity index (χ2n) is 5.13. The topological polar surface area (TPSA) is 55.1 Å². The van der Waals surface area contributed by atoms with Crippen LogP contribution in [-0.2, 0) is 4.79 Å². The summed E-state index contributed by atoms with van der Waals surface area (Å²) in [4.78, 5) is 11.8. The van der Waals surface area contributed by atoms with Gasteiger partial charge in [-0.1, -0.05) is 51.1 Å². The van der Waals surface area contributed by atoms with Crippen LogP contribution in [0.4, 0.5) is 0 Å². The molecule has 0 saturated carbocycles. The molecule has 0 fully saturated rings. The van der Waals surface area contributed by atoms with Crippen molar-refractivity contribution in [1.29, 1.82) is 0 Å². The van der Waals surface area contributed by atoms with Gasteiger partial charge in [-0.15, -0.1) is 0 Å². The number of benzene rings is 1. The molecule has 0 radical (unpaired) electrons. The Morgan fingerprint density at radius 2 is 1.83 bits per heavy atom. The number of carbonyl (C=O) groups is 1. The first-order valence-corrected chi connectivity index (χ1v) is 6.60. The predicted molar refractivity (Wildman–Crippen MR) is 75.0 cm³/mol. The maximum Gasteiger partial charge on any atom is 0.223 e. The van der Waals surface area contributed by atoms with Crippen LogP contribution in [0, 0.1) is 11.8 Å². The third kappa shape index (κ3) is 4.49. The summed E-state index contributed by atoms with van der Waals surface area (Å²) in [5.41, 5.74) is 7.18. The minimum absolute atomic E-state index is 0.0131. The molecule has 100 valence electrons. The van der Waals surface area contributed by atoms with Gasteiger partial charge in [-0.05, 0) is 17.9 Å². The summed E-state index contributed by atoms with van der Waals surface area (Å²) in [6, 6.07) is 9.96.